The smallest absolute Gasteiger partial charge is 0.193 e. The molecule has 0 radical (unpaired) electrons. The molecule has 0 amide bonds. The number of nitrogens with zero attached hydrogens (tertiary/aromatic N) is 4. The Labute approximate surface area is 179 Å². The van der Waals surface area contributed by atoms with Gasteiger partial charge in [0.15, 0.2) is 5.96 Å². The first-order valence-corrected chi connectivity index (χ1v) is 11.4. The number of hydrogen-bond acceptors (Lipinski definition) is 4. The second kappa shape index (κ2) is 10.6. The largest absolute Gasteiger partial charge is 0.373 e. The van der Waals surface area contributed by atoms with Gasteiger partial charge in [-0.05, 0) is 56.6 Å². The van der Waals surface area contributed by atoms with Crippen molar-refractivity contribution < 1.29 is 4.74 Å². The lowest BCUT2D eigenvalue weighted by atomic mass is 9.89. The van der Waals surface area contributed by atoms with E-state index in [-0.39, 0.29) is 6.10 Å². The maximum atomic E-state index is 6.23. The first-order valence-electron chi connectivity index (χ1n) is 11.4. The van der Waals surface area contributed by atoms with Gasteiger partial charge in [0.25, 0.3) is 0 Å². The zero-order valence-electron chi connectivity index (χ0n) is 18.0. The summed E-state index contributed by atoms with van der Waals surface area (Å²) in [4.78, 5) is 11.6. The number of aromatic nitrogens is 3. The molecule has 1 aliphatic heterocycles. The molecule has 1 aliphatic carbocycles. The second-order valence-corrected chi connectivity index (χ2v) is 8.17. The molecule has 1 fully saturated rings. The number of likely N-dealkylation sites (tertiary alicyclic amines) is 1. The summed E-state index contributed by atoms with van der Waals surface area (Å²) in [7, 11) is 0. The second-order valence-electron chi connectivity index (χ2n) is 8.17. The molecule has 0 bridgehead atoms. The Morgan fingerprint density at radius 3 is 2.93 bits per heavy atom. The van der Waals surface area contributed by atoms with Crippen molar-refractivity contribution in [3.05, 3.63) is 47.5 Å². The summed E-state index contributed by atoms with van der Waals surface area (Å²) < 4.78 is 6.23. The van der Waals surface area contributed by atoms with Gasteiger partial charge in [0.2, 0.25) is 0 Å². The minimum absolute atomic E-state index is 0.252. The van der Waals surface area contributed by atoms with Crippen molar-refractivity contribution in [3.8, 4) is 0 Å². The van der Waals surface area contributed by atoms with Crippen LogP contribution in [0.5, 0.6) is 0 Å². The number of ether oxygens (including phenoxy) is 1. The maximum absolute atomic E-state index is 6.23. The van der Waals surface area contributed by atoms with E-state index in [1.807, 2.05) is 0 Å². The van der Waals surface area contributed by atoms with Gasteiger partial charge in [0.05, 0.1) is 6.10 Å². The Hall–Kier alpha value is -2.41. The highest BCUT2D eigenvalue weighted by atomic mass is 16.5. The van der Waals surface area contributed by atoms with E-state index in [1.54, 1.807) is 6.33 Å². The monoisotopic (exact) mass is 410 g/mol. The van der Waals surface area contributed by atoms with Gasteiger partial charge in [-0.15, -0.1) is 0 Å². The van der Waals surface area contributed by atoms with Crippen molar-refractivity contribution in [2.45, 2.75) is 57.5 Å². The summed E-state index contributed by atoms with van der Waals surface area (Å²) in [5, 5.41) is 10.5. The Morgan fingerprint density at radius 1 is 1.27 bits per heavy atom. The first-order chi connectivity index (χ1) is 14.8. The average molecular weight is 411 g/mol. The molecule has 7 nitrogen and oxygen atoms in total. The van der Waals surface area contributed by atoms with Crippen molar-refractivity contribution in [2.75, 3.05) is 32.8 Å². The average Bonchev–Trinajstić information content (AvgIpc) is 3.33. The molecule has 1 saturated heterocycles. The van der Waals surface area contributed by atoms with Crippen LogP contribution in [0.25, 0.3) is 0 Å². The molecule has 0 spiro atoms. The maximum Gasteiger partial charge on any atom is 0.193 e. The van der Waals surface area contributed by atoms with Gasteiger partial charge in [0.1, 0.15) is 12.2 Å². The van der Waals surface area contributed by atoms with Gasteiger partial charge in [0, 0.05) is 38.7 Å². The van der Waals surface area contributed by atoms with E-state index in [9.17, 15) is 0 Å². The van der Waals surface area contributed by atoms with E-state index < -0.39 is 0 Å². The third-order valence-corrected chi connectivity index (χ3v) is 6.15. The Kier molecular flexibility index (Phi) is 7.34. The zero-order chi connectivity index (χ0) is 20.6. The van der Waals surface area contributed by atoms with Crippen LogP contribution in [0.3, 0.4) is 0 Å². The van der Waals surface area contributed by atoms with Gasteiger partial charge in [-0.3, -0.25) is 10.1 Å². The zero-order valence-corrected chi connectivity index (χ0v) is 18.0. The molecule has 7 heteroatoms. The number of rotatable bonds is 7. The third kappa shape index (κ3) is 5.19. The molecule has 162 valence electrons. The molecular formula is C23H34N6O. The Morgan fingerprint density at radius 2 is 2.13 bits per heavy atom. The van der Waals surface area contributed by atoms with Crippen LogP contribution >= 0.6 is 0 Å². The predicted octanol–water partition coefficient (Wildman–Crippen LogP) is 3.43. The quantitative estimate of drug-likeness (QED) is 0.415. The minimum Gasteiger partial charge on any atom is -0.373 e. The van der Waals surface area contributed by atoms with E-state index in [4.69, 9.17) is 9.73 Å². The fourth-order valence-corrected chi connectivity index (χ4v) is 4.56. The van der Waals surface area contributed by atoms with Crippen LogP contribution in [0.4, 0.5) is 0 Å². The summed E-state index contributed by atoms with van der Waals surface area (Å²) in [5.41, 5.74) is 2.84. The molecule has 1 aromatic heterocycles. The van der Waals surface area contributed by atoms with Crippen LogP contribution in [0.15, 0.2) is 35.6 Å². The number of aryl methyl sites for hydroxylation is 1. The Balaban J connectivity index is 1.23. The van der Waals surface area contributed by atoms with E-state index in [1.165, 1.54) is 24.0 Å². The number of hydrogen-bond donors (Lipinski definition) is 2. The van der Waals surface area contributed by atoms with Crippen molar-refractivity contribution in [1.82, 2.24) is 25.4 Å². The lowest BCUT2D eigenvalue weighted by molar-refractivity contribution is 0.0402. The van der Waals surface area contributed by atoms with Gasteiger partial charge in [-0.2, -0.15) is 5.10 Å². The van der Waals surface area contributed by atoms with Gasteiger partial charge in [-0.25, -0.2) is 4.98 Å². The van der Waals surface area contributed by atoms with Crippen LogP contribution in [0.1, 0.15) is 68.0 Å². The van der Waals surface area contributed by atoms with Crippen LogP contribution < -0.4 is 5.32 Å². The molecule has 30 heavy (non-hydrogen) atoms. The number of piperidine rings is 1. The lowest BCUT2D eigenvalue weighted by Crippen LogP contribution is -2.45. The predicted molar refractivity (Wildman–Crippen MR) is 119 cm³/mol. The molecule has 4 rings (SSSR count). The van der Waals surface area contributed by atoms with E-state index >= 15 is 0 Å². The summed E-state index contributed by atoms with van der Waals surface area (Å²) in [6.07, 6.45) is 8.47. The summed E-state index contributed by atoms with van der Waals surface area (Å²) in [6.45, 7) is 6.55. The molecule has 2 heterocycles. The number of aliphatic imine (C=N–C) groups is 1. The highest BCUT2D eigenvalue weighted by molar-refractivity contribution is 5.80. The number of fused-ring (bicyclic) bond motifs is 1. The standard InChI is InChI=1S/C23H34N6O/c1-2-24-23(29-14-11-19(12-15-29)22-26-17-27-28-22)25-13-6-16-30-21-10-5-8-18-7-3-4-9-20(18)21/h3-4,7,9,17,19,21H,2,5-6,8,10-16H2,1H3,(H,24,25)(H,26,27,28). The van der Waals surface area contributed by atoms with Gasteiger partial charge >= 0.3 is 0 Å². The van der Waals surface area contributed by atoms with Crippen molar-refractivity contribution in [1.29, 1.82) is 0 Å². The number of H-pyrrole nitrogens is 1. The highest BCUT2D eigenvalue weighted by Gasteiger charge is 2.24. The van der Waals surface area contributed by atoms with Crippen LogP contribution in [0.2, 0.25) is 0 Å². The third-order valence-electron chi connectivity index (χ3n) is 6.15. The topological polar surface area (TPSA) is 78.4 Å². The van der Waals surface area contributed by atoms with Crippen LogP contribution in [-0.4, -0.2) is 58.8 Å². The molecule has 2 aliphatic rings. The lowest BCUT2D eigenvalue weighted by Gasteiger charge is -2.33. The normalized spacial score (nSPS) is 20.2. The summed E-state index contributed by atoms with van der Waals surface area (Å²) >= 11 is 0. The van der Waals surface area contributed by atoms with E-state index in [0.29, 0.717) is 5.92 Å². The van der Waals surface area contributed by atoms with Crippen molar-refractivity contribution in [3.63, 3.8) is 0 Å². The number of benzene rings is 1. The molecule has 2 aromatic rings. The highest BCUT2D eigenvalue weighted by Crippen LogP contribution is 2.32. The van der Waals surface area contributed by atoms with Crippen molar-refractivity contribution in [2.24, 2.45) is 4.99 Å². The van der Waals surface area contributed by atoms with Crippen LogP contribution in [0, 0.1) is 0 Å². The number of nitrogens with one attached hydrogen (secondary N) is 2. The van der Waals surface area contributed by atoms with Gasteiger partial charge in [-0.1, -0.05) is 24.3 Å². The molecule has 1 aromatic carbocycles. The molecule has 1 atom stereocenters. The molecule has 2 N–H and O–H groups in total. The van der Waals surface area contributed by atoms with Crippen molar-refractivity contribution >= 4 is 5.96 Å². The summed E-state index contributed by atoms with van der Waals surface area (Å²) in [5.74, 6) is 2.51. The number of aromatic amines is 1. The van der Waals surface area contributed by atoms with E-state index in [0.717, 1.165) is 70.3 Å². The molecule has 0 saturated carbocycles. The van der Waals surface area contributed by atoms with Gasteiger partial charge < -0.3 is 15.0 Å². The Bertz CT molecular complexity index is 798. The fourth-order valence-electron chi connectivity index (χ4n) is 4.56. The SMILES string of the molecule is CCNC(=NCCCOC1CCCc2ccccc21)N1CCC(c2ncn[nH]2)CC1. The number of guanidine groups is 1. The first kappa shape index (κ1) is 20.8. The van der Waals surface area contributed by atoms with E-state index in [2.05, 4.69) is 56.6 Å². The summed E-state index contributed by atoms with van der Waals surface area (Å²) in [6, 6.07) is 8.72. The molecular weight excluding hydrogens is 376 g/mol. The minimum atomic E-state index is 0.252. The van der Waals surface area contributed by atoms with Crippen LogP contribution in [-0.2, 0) is 11.2 Å². The molecule has 1 unspecified atom stereocenters. The fraction of sp³-hybridized carbons (Fsp3) is 0.609.